The van der Waals surface area contributed by atoms with Crippen molar-refractivity contribution in [2.24, 2.45) is 0 Å². The highest BCUT2D eigenvalue weighted by Gasteiger charge is 2.41. The lowest BCUT2D eigenvalue weighted by molar-refractivity contribution is -0.137. The van der Waals surface area contributed by atoms with Crippen LogP contribution in [0, 0.1) is 12.7 Å². The van der Waals surface area contributed by atoms with Crippen LogP contribution in [0.15, 0.2) is 66.9 Å². The number of alkyl halides is 3. The Balaban J connectivity index is 1.36. The normalized spacial score (nSPS) is 18.1. The van der Waals surface area contributed by atoms with Gasteiger partial charge in [-0.3, -0.25) is 4.90 Å². The molecule has 2 aliphatic rings. The minimum absolute atomic E-state index is 0.0345. The monoisotopic (exact) mass is 620 g/mol. The van der Waals surface area contributed by atoms with Crippen LogP contribution < -0.4 is 4.90 Å². The van der Waals surface area contributed by atoms with Crippen molar-refractivity contribution >= 4 is 18.0 Å². The Morgan fingerprint density at radius 1 is 1.04 bits per heavy atom. The van der Waals surface area contributed by atoms with Crippen molar-refractivity contribution in [1.29, 1.82) is 0 Å². The number of nitrogens with zero attached hydrogens (tertiary/aromatic N) is 4. The van der Waals surface area contributed by atoms with Crippen LogP contribution in [0.3, 0.4) is 0 Å². The van der Waals surface area contributed by atoms with Gasteiger partial charge in [0.1, 0.15) is 11.9 Å². The molecule has 0 spiro atoms. The summed E-state index contributed by atoms with van der Waals surface area (Å²) in [6, 6.07) is 13.0. The fourth-order valence-corrected chi connectivity index (χ4v) is 5.65. The first kappa shape index (κ1) is 30.0. The lowest BCUT2D eigenvalue weighted by Gasteiger charge is -2.31. The first-order chi connectivity index (χ1) is 21.4. The van der Waals surface area contributed by atoms with Crippen LogP contribution in [0.25, 0.3) is 22.3 Å². The number of anilines is 1. The van der Waals surface area contributed by atoms with Crippen molar-refractivity contribution in [3.05, 3.63) is 101 Å². The molecule has 45 heavy (non-hydrogen) atoms. The van der Waals surface area contributed by atoms with Crippen LogP contribution >= 0.6 is 0 Å². The Hall–Kier alpha value is -5.00. The zero-order chi connectivity index (χ0) is 32.0. The molecule has 232 valence electrons. The van der Waals surface area contributed by atoms with Crippen molar-refractivity contribution in [3.63, 3.8) is 0 Å². The molecule has 1 N–H and O–H groups in total. The van der Waals surface area contributed by atoms with Gasteiger partial charge >= 0.3 is 18.2 Å². The number of hydrogen-bond donors (Lipinski definition) is 1. The summed E-state index contributed by atoms with van der Waals surface area (Å²) in [6.07, 6.45) is -3.59. The van der Waals surface area contributed by atoms with Gasteiger partial charge < -0.3 is 14.7 Å². The van der Waals surface area contributed by atoms with Gasteiger partial charge in [-0.25, -0.2) is 23.9 Å². The zero-order valence-corrected chi connectivity index (χ0v) is 24.3. The summed E-state index contributed by atoms with van der Waals surface area (Å²) in [5.74, 6) is -1.13. The first-order valence-corrected chi connectivity index (χ1v) is 14.3. The number of aryl methyl sites for hydroxylation is 1. The number of rotatable bonds is 7. The van der Waals surface area contributed by atoms with Gasteiger partial charge in [-0.05, 0) is 78.9 Å². The number of carbonyl (C=O) groups excluding carboxylic acids is 1. The molecule has 3 heterocycles. The highest BCUT2D eigenvalue weighted by atomic mass is 19.4. The van der Waals surface area contributed by atoms with E-state index in [9.17, 15) is 27.9 Å². The first-order valence-electron chi connectivity index (χ1n) is 14.3. The van der Waals surface area contributed by atoms with Crippen LogP contribution in [-0.2, 0) is 17.5 Å². The summed E-state index contributed by atoms with van der Waals surface area (Å²) in [6.45, 7) is 4.90. The van der Waals surface area contributed by atoms with E-state index < -0.39 is 41.8 Å². The molecular formula is C33H28F4N4O4. The number of aromatic nitrogens is 2. The van der Waals surface area contributed by atoms with Gasteiger partial charge in [0.25, 0.3) is 0 Å². The number of ether oxygens (including phenoxy) is 1. The number of cyclic esters (lactones) is 1. The highest BCUT2D eigenvalue weighted by molar-refractivity contribution is 5.89. The summed E-state index contributed by atoms with van der Waals surface area (Å²) >= 11 is 0. The van der Waals surface area contributed by atoms with Crippen molar-refractivity contribution in [2.45, 2.75) is 45.1 Å². The molecule has 2 unspecified atom stereocenters. The van der Waals surface area contributed by atoms with Crippen LogP contribution in [0.5, 0.6) is 0 Å². The van der Waals surface area contributed by atoms with Gasteiger partial charge in [0.15, 0.2) is 0 Å². The lowest BCUT2D eigenvalue weighted by atomic mass is 9.94. The maximum absolute atomic E-state index is 15.2. The minimum atomic E-state index is -4.55. The molecule has 1 amide bonds. The molecule has 2 atom stereocenters. The van der Waals surface area contributed by atoms with Crippen LogP contribution in [0.4, 0.5) is 28.3 Å². The molecule has 8 nitrogen and oxygen atoms in total. The maximum Gasteiger partial charge on any atom is 0.416 e. The number of amides is 1. The van der Waals surface area contributed by atoms with E-state index in [1.165, 1.54) is 35.2 Å². The van der Waals surface area contributed by atoms with E-state index in [2.05, 4.69) is 4.98 Å². The second-order valence-corrected chi connectivity index (χ2v) is 11.2. The van der Waals surface area contributed by atoms with Gasteiger partial charge in [0, 0.05) is 30.4 Å². The molecular weight excluding hydrogens is 592 g/mol. The number of carboxylic acids is 1. The van der Waals surface area contributed by atoms with E-state index in [0.717, 1.165) is 31.6 Å². The van der Waals surface area contributed by atoms with Gasteiger partial charge in [0.2, 0.25) is 5.95 Å². The van der Waals surface area contributed by atoms with E-state index in [1.807, 2.05) is 4.90 Å². The SMILES string of the molecule is Cc1cc(C(=O)O)ccc1-c1cc(-c2cnc(N3CCC3)nc2CN2C(=O)OC(c3cccc(C(F)(F)F)c3)C2C)ccc1F. The van der Waals surface area contributed by atoms with Crippen LogP contribution in [0.2, 0.25) is 0 Å². The predicted octanol–water partition coefficient (Wildman–Crippen LogP) is 7.27. The molecule has 4 aromatic rings. The number of carboxylic acid groups (broad SMARTS) is 1. The Bertz CT molecular complexity index is 1810. The van der Waals surface area contributed by atoms with Crippen LogP contribution in [-0.4, -0.2) is 51.2 Å². The molecule has 0 aliphatic carbocycles. The van der Waals surface area contributed by atoms with Gasteiger partial charge in [-0.2, -0.15) is 13.2 Å². The molecule has 12 heteroatoms. The average molecular weight is 621 g/mol. The maximum atomic E-state index is 15.2. The fourth-order valence-electron chi connectivity index (χ4n) is 5.65. The molecule has 1 aromatic heterocycles. The summed E-state index contributed by atoms with van der Waals surface area (Å²) in [4.78, 5) is 37.2. The van der Waals surface area contributed by atoms with Crippen molar-refractivity contribution in [3.8, 4) is 22.3 Å². The quantitative estimate of drug-likeness (QED) is 0.217. The molecule has 3 aromatic carbocycles. The van der Waals surface area contributed by atoms with Crippen molar-refractivity contribution in [1.82, 2.24) is 14.9 Å². The number of aromatic carboxylic acids is 1. The van der Waals surface area contributed by atoms with Crippen LogP contribution in [0.1, 0.15) is 52.2 Å². The summed E-state index contributed by atoms with van der Waals surface area (Å²) < 4.78 is 60.9. The van der Waals surface area contributed by atoms with Gasteiger partial charge in [0.05, 0.1) is 29.4 Å². The number of hydrogen-bond acceptors (Lipinski definition) is 6. The number of benzene rings is 3. The third kappa shape index (κ3) is 5.79. The molecule has 6 rings (SSSR count). The third-order valence-corrected chi connectivity index (χ3v) is 8.29. The van der Waals surface area contributed by atoms with Gasteiger partial charge in [-0.1, -0.05) is 24.3 Å². The standard InChI is InChI=1S/C33H28F4N4O4/c1-18-13-22(30(42)43)7-9-24(18)25-15-20(8-10-27(25)34)26-16-38-31(40-11-4-12-40)39-28(26)17-41-19(2)29(45-32(41)44)21-5-3-6-23(14-21)33(35,36)37/h3,5-10,13-16,19,29H,4,11-12,17H2,1-2H3,(H,42,43). The van der Waals surface area contributed by atoms with Gasteiger partial charge in [-0.15, -0.1) is 0 Å². The second-order valence-electron chi connectivity index (χ2n) is 11.2. The topological polar surface area (TPSA) is 95.9 Å². The third-order valence-electron chi connectivity index (χ3n) is 8.29. The molecule has 2 saturated heterocycles. The van der Waals surface area contributed by atoms with E-state index in [-0.39, 0.29) is 23.2 Å². The Labute approximate surface area is 255 Å². The number of carbonyl (C=O) groups is 2. The smallest absolute Gasteiger partial charge is 0.416 e. The van der Waals surface area contributed by atoms with E-state index in [1.54, 1.807) is 38.2 Å². The Kier molecular flexibility index (Phi) is 7.67. The van der Waals surface area contributed by atoms with E-state index in [0.29, 0.717) is 33.9 Å². The zero-order valence-electron chi connectivity index (χ0n) is 24.3. The second kappa shape index (κ2) is 11.5. The highest BCUT2D eigenvalue weighted by Crippen LogP contribution is 2.38. The number of halogens is 4. The van der Waals surface area contributed by atoms with E-state index >= 15 is 4.39 Å². The Morgan fingerprint density at radius 2 is 1.82 bits per heavy atom. The Morgan fingerprint density at radius 3 is 2.49 bits per heavy atom. The molecule has 2 aliphatic heterocycles. The molecule has 0 saturated carbocycles. The average Bonchev–Trinajstić information content (AvgIpc) is 3.25. The summed E-state index contributed by atoms with van der Waals surface area (Å²) in [7, 11) is 0. The van der Waals surface area contributed by atoms with E-state index in [4.69, 9.17) is 9.72 Å². The van der Waals surface area contributed by atoms with Crippen molar-refractivity contribution < 1.29 is 37.0 Å². The lowest BCUT2D eigenvalue weighted by Crippen LogP contribution is -2.39. The molecule has 2 fully saturated rings. The minimum Gasteiger partial charge on any atom is -0.478 e. The largest absolute Gasteiger partial charge is 0.478 e. The summed E-state index contributed by atoms with van der Waals surface area (Å²) in [5.41, 5.74) is 2.36. The molecule has 0 bridgehead atoms. The molecule has 0 radical (unpaired) electrons. The summed E-state index contributed by atoms with van der Waals surface area (Å²) in [5, 5.41) is 9.34. The van der Waals surface area contributed by atoms with Crippen molar-refractivity contribution in [2.75, 3.05) is 18.0 Å². The fraction of sp³-hybridized carbons (Fsp3) is 0.273. The predicted molar refractivity (Wildman–Crippen MR) is 157 cm³/mol.